The maximum atomic E-state index is 12.9. The maximum absolute atomic E-state index is 12.9. The van der Waals surface area contributed by atoms with Crippen LogP contribution in [0.15, 0.2) is 12.1 Å². The summed E-state index contributed by atoms with van der Waals surface area (Å²) >= 11 is 5.58. The maximum Gasteiger partial charge on any atom is 0.143 e. The number of hydrogen-bond acceptors (Lipinski definition) is 3. The minimum absolute atomic E-state index is 0.0331. The van der Waals surface area contributed by atoms with Gasteiger partial charge in [-0.2, -0.15) is 0 Å². The summed E-state index contributed by atoms with van der Waals surface area (Å²) in [5.41, 5.74) is 6.45. The molecule has 78 valence electrons. The standard InChI is InChI=1S/C9H12ClFN2O/c10-6-4-9(13-2-1-3-14)8(12)5-7(6)11/h4-5,13-14H,1-3,12H2. The molecule has 0 aliphatic rings. The predicted octanol–water partition coefficient (Wildman–Crippen LogP) is 1.86. The van der Waals surface area contributed by atoms with Crippen molar-refractivity contribution in [2.45, 2.75) is 6.42 Å². The van der Waals surface area contributed by atoms with Gasteiger partial charge in [0.2, 0.25) is 0 Å². The highest BCUT2D eigenvalue weighted by Crippen LogP contribution is 2.25. The van der Waals surface area contributed by atoms with E-state index in [1.165, 1.54) is 12.1 Å². The summed E-state index contributed by atoms with van der Waals surface area (Å²) in [6.45, 7) is 0.671. The van der Waals surface area contributed by atoms with Crippen LogP contribution in [0.3, 0.4) is 0 Å². The SMILES string of the molecule is Nc1cc(F)c(Cl)cc1NCCCO. The van der Waals surface area contributed by atoms with Gasteiger partial charge in [-0.3, -0.25) is 0 Å². The fourth-order valence-corrected chi connectivity index (χ4v) is 1.18. The van der Waals surface area contributed by atoms with Gasteiger partial charge in [-0.1, -0.05) is 11.6 Å². The molecule has 0 aliphatic carbocycles. The summed E-state index contributed by atoms with van der Waals surface area (Å²) < 4.78 is 12.9. The fraction of sp³-hybridized carbons (Fsp3) is 0.333. The third-order valence-corrected chi connectivity index (χ3v) is 2.03. The number of aliphatic hydroxyl groups is 1. The van der Waals surface area contributed by atoms with Crippen LogP contribution in [0.2, 0.25) is 5.02 Å². The van der Waals surface area contributed by atoms with Crippen molar-refractivity contribution in [1.29, 1.82) is 0 Å². The van der Waals surface area contributed by atoms with E-state index in [1.54, 1.807) is 0 Å². The fourth-order valence-electron chi connectivity index (χ4n) is 1.02. The van der Waals surface area contributed by atoms with Gasteiger partial charge >= 0.3 is 0 Å². The van der Waals surface area contributed by atoms with Gasteiger partial charge in [-0.05, 0) is 12.5 Å². The van der Waals surface area contributed by atoms with E-state index in [0.29, 0.717) is 24.3 Å². The minimum Gasteiger partial charge on any atom is -0.397 e. The number of nitrogens with one attached hydrogen (secondary N) is 1. The van der Waals surface area contributed by atoms with Crippen LogP contribution in [0.1, 0.15) is 6.42 Å². The molecule has 1 rings (SSSR count). The molecule has 5 heteroatoms. The molecule has 0 atom stereocenters. The van der Waals surface area contributed by atoms with Crippen molar-refractivity contribution >= 4 is 23.0 Å². The summed E-state index contributed by atoms with van der Waals surface area (Å²) in [7, 11) is 0. The van der Waals surface area contributed by atoms with E-state index in [2.05, 4.69) is 5.32 Å². The van der Waals surface area contributed by atoms with Crippen LogP contribution in [0.4, 0.5) is 15.8 Å². The Kier molecular flexibility index (Phi) is 3.98. The highest BCUT2D eigenvalue weighted by atomic mass is 35.5. The minimum atomic E-state index is -0.531. The largest absolute Gasteiger partial charge is 0.397 e. The van der Waals surface area contributed by atoms with Crippen LogP contribution in [-0.2, 0) is 0 Å². The molecule has 0 aliphatic heterocycles. The summed E-state index contributed by atoms with van der Waals surface area (Å²) in [5.74, 6) is -0.531. The molecule has 1 aromatic carbocycles. The zero-order chi connectivity index (χ0) is 10.6. The molecule has 0 radical (unpaired) electrons. The second-order valence-electron chi connectivity index (χ2n) is 2.86. The normalized spacial score (nSPS) is 10.2. The number of nitrogens with two attached hydrogens (primary N) is 1. The number of halogens is 2. The quantitative estimate of drug-likeness (QED) is 0.534. The van der Waals surface area contributed by atoms with E-state index in [9.17, 15) is 4.39 Å². The lowest BCUT2D eigenvalue weighted by molar-refractivity contribution is 0.292. The first-order chi connectivity index (χ1) is 6.65. The van der Waals surface area contributed by atoms with Crippen LogP contribution in [0.25, 0.3) is 0 Å². The Morgan fingerprint density at radius 1 is 1.50 bits per heavy atom. The van der Waals surface area contributed by atoms with E-state index in [4.69, 9.17) is 22.4 Å². The molecule has 0 saturated carbocycles. The number of nitrogen functional groups attached to an aromatic ring is 1. The Bertz CT molecular complexity index is 320. The molecule has 0 heterocycles. The van der Waals surface area contributed by atoms with Gasteiger partial charge in [-0.25, -0.2) is 4.39 Å². The van der Waals surface area contributed by atoms with Gasteiger partial charge in [-0.15, -0.1) is 0 Å². The van der Waals surface area contributed by atoms with E-state index >= 15 is 0 Å². The number of anilines is 2. The number of rotatable bonds is 4. The highest BCUT2D eigenvalue weighted by molar-refractivity contribution is 6.31. The zero-order valence-corrected chi connectivity index (χ0v) is 8.31. The molecular formula is C9H12ClFN2O. The van der Waals surface area contributed by atoms with Crippen LogP contribution >= 0.6 is 11.6 Å². The van der Waals surface area contributed by atoms with E-state index < -0.39 is 5.82 Å². The van der Waals surface area contributed by atoms with Crippen LogP contribution in [-0.4, -0.2) is 18.3 Å². The van der Waals surface area contributed by atoms with Crippen LogP contribution in [0.5, 0.6) is 0 Å². The van der Waals surface area contributed by atoms with Crippen molar-refractivity contribution in [2.24, 2.45) is 0 Å². The number of hydrogen-bond donors (Lipinski definition) is 3. The number of aliphatic hydroxyl groups excluding tert-OH is 1. The lowest BCUT2D eigenvalue weighted by Crippen LogP contribution is -2.06. The monoisotopic (exact) mass is 218 g/mol. The van der Waals surface area contributed by atoms with E-state index in [1.807, 2.05) is 0 Å². The Morgan fingerprint density at radius 3 is 2.86 bits per heavy atom. The van der Waals surface area contributed by atoms with Crippen molar-refractivity contribution in [2.75, 3.05) is 24.2 Å². The summed E-state index contributed by atoms with van der Waals surface area (Å²) in [5, 5.41) is 11.5. The molecule has 0 aromatic heterocycles. The average molecular weight is 219 g/mol. The smallest absolute Gasteiger partial charge is 0.143 e. The molecule has 0 amide bonds. The first kappa shape index (κ1) is 11.1. The van der Waals surface area contributed by atoms with Crippen molar-refractivity contribution in [1.82, 2.24) is 0 Å². The summed E-state index contributed by atoms with van der Waals surface area (Å²) in [4.78, 5) is 0. The highest BCUT2D eigenvalue weighted by Gasteiger charge is 2.05. The molecule has 14 heavy (non-hydrogen) atoms. The molecule has 3 nitrogen and oxygen atoms in total. The molecule has 0 spiro atoms. The average Bonchev–Trinajstić information content (AvgIpc) is 2.14. The summed E-state index contributed by atoms with van der Waals surface area (Å²) in [6, 6.07) is 2.60. The van der Waals surface area contributed by atoms with Crippen molar-refractivity contribution < 1.29 is 9.50 Å². The molecular weight excluding hydrogens is 207 g/mol. The molecule has 0 saturated heterocycles. The van der Waals surface area contributed by atoms with Crippen molar-refractivity contribution in [3.63, 3.8) is 0 Å². The molecule has 0 bridgehead atoms. The number of benzene rings is 1. The third-order valence-electron chi connectivity index (χ3n) is 1.74. The van der Waals surface area contributed by atoms with Gasteiger partial charge in [0.25, 0.3) is 0 Å². The Hall–Kier alpha value is -1.00. The van der Waals surface area contributed by atoms with Gasteiger partial charge in [0, 0.05) is 19.2 Å². The first-order valence-electron chi connectivity index (χ1n) is 4.24. The zero-order valence-electron chi connectivity index (χ0n) is 7.56. The second-order valence-corrected chi connectivity index (χ2v) is 3.26. The lowest BCUT2D eigenvalue weighted by atomic mass is 10.2. The Balaban J connectivity index is 2.72. The van der Waals surface area contributed by atoms with Gasteiger partial charge < -0.3 is 16.2 Å². The van der Waals surface area contributed by atoms with Gasteiger partial charge in [0.05, 0.1) is 16.4 Å². The van der Waals surface area contributed by atoms with Crippen molar-refractivity contribution in [3.05, 3.63) is 23.0 Å². The van der Waals surface area contributed by atoms with Gasteiger partial charge in [0.15, 0.2) is 0 Å². The van der Waals surface area contributed by atoms with Crippen LogP contribution in [0, 0.1) is 5.82 Å². The Morgan fingerprint density at radius 2 is 2.21 bits per heavy atom. The summed E-state index contributed by atoms with van der Waals surface area (Å²) in [6.07, 6.45) is 0.606. The lowest BCUT2D eigenvalue weighted by Gasteiger charge is -2.09. The van der Waals surface area contributed by atoms with Crippen molar-refractivity contribution in [3.8, 4) is 0 Å². The molecule has 0 fully saturated rings. The first-order valence-corrected chi connectivity index (χ1v) is 4.62. The van der Waals surface area contributed by atoms with Crippen LogP contribution < -0.4 is 11.1 Å². The van der Waals surface area contributed by atoms with E-state index in [-0.39, 0.29) is 11.6 Å². The molecule has 4 N–H and O–H groups in total. The van der Waals surface area contributed by atoms with Gasteiger partial charge in [0.1, 0.15) is 5.82 Å². The molecule has 1 aromatic rings. The Labute approximate surface area is 86.7 Å². The molecule has 0 unspecified atom stereocenters. The van der Waals surface area contributed by atoms with E-state index in [0.717, 1.165) is 0 Å². The predicted molar refractivity (Wildman–Crippen MR) is 56.0 cm³/mol. The second kappa shape index (κ2) is 5.02. The topological polar surface area (TPSA) is 58.3 Å². The third kappa shape index (κ3) is 2.75.